The highest BCUT2D eigenvalue weighted by atomic mass is 32.1. The molecule has 9 nitrogen and oxygen atoms in total. The van der Waals surface area contributed by atoms with Gasteiger partial charge < -0.3 is 35.6 Å². The van der Waals surface area contributed by atoms with Crippen molar-refractivity contribution in [1.82, 2.24) is 20.3 Å². The Bertz CT molecular complexity index is 1890. The molecule has 3 atom stereocenters. The number of aromatic nitrogens is 3. The summed E-state index contributed by atoms with van der Waals surface area (Å²) < 4.78 is 0. The molecule has 0 radical (unpaired) electrons. The number of carboxylic acids is 2. The SMILES string of the molecule is CC1=C([C@H](C)S)[C@]2(O)Cc3[nH]c(c([C@H](C)S)c3C)/C=c3\[nH]/c(c(CCC(=O)O)c3C)=C/c3[nH]c(c(C)c3CCC(=O)O)/C=C/1N2. The quantitative estimate of drug-likeness (QED) is 0.167. The van der Waals surface area contributed by atoms with Crippen LogP contribution >= 0.6 is 25.3 Å². The molecular formula is C34H42N4O5S2. The summed E-state index contributed by atoms with van der Waals surface area (Å²) in [5.41, 5.74) is 9.91. The lowest BCUT2D eigenvalue weighted by Gasteiger charge is -2.29. The number of H-pyrrole nitrogens is 3. The molecule has 240 valence electrons. The van der Waals surface area contributed by atoms with E-state index in [9.17, 15) is 24.9 Å². The molecular weight excluding hydrogens is 609 g/mol. The van der Waals surface area contributed by atoms with Crippen LogP contribution in [0.3, 0.4) is 0 Å². The molecule has 5 heterocycles. The summed E-state index contributed by atoms with van der Waals surface area (Å²) in [5, 5.41) is 35.9. The van der Waals surface area contributed by atoms with E-state index in [1.807, 2.05) is 59.8 Å². The van der Waals surface area contributed by atoms with E-state index in [2.05, 4.69) is 20.3 Å². The van der Waals surface area contributed by atoms with E-state index in [1.165, 1.54) is 0 Å². The Hall–Kier alpha value is -3.54. The van der Waals surface area contributed by atoms with Crippen molar-refractivity contribution in [3.63, 3.8) is 0 Å². The van der Waals surface area contributed by atoms with Crippen molar-refractivity contribution < 1.29 is 24.9 Å². The number of nitrogens with one attached hydrogen (secondary N) is 4. The van der Waals surface area contributed by atoms with Gasteiger partial charge in [0.05, 0.1) is 0 Å². The molecule has 0 saturated heterocycles. The van der Waals surface area contributed by atoms with E-state index in [-0.39, 0.29) is 29.8 Å². The van der Waals surface area contributed by atoms with Crippen LogP contribution in [-0.4, -0.2) is 53.2 Å². The Balaban J connectivity index is 1.87. The number of carboxylic acid groups (broad SMARTS) is 2. The number of aromatic amines is 3. The summed E-state index contributed by atoms with van der Waals surface area (Å²) in [6, 6.07) is 0. The fourth-order valence-corrected chi connectivity index (χ4v) is 7.73. The first kappa shape index (κ1) is 32.8. The summed E-state index contributed by atoms with van der Waals surface area (Å²) in [6.07, 6.45) is 6.78. The van der Waals surface area contributed by atoms with Gasteiger partial charge >= 0.3 is 11.9 Å². The van der Waals surface area contributed by atoms with Gasteiger partial charge in [-0.25, -0.2) is 0 Å². The molecule has 0 unspecified atom stereocenters. The van der Waals surface area contributed by atoms with Gasteiger partial charge in [-0.2, -0.15) is 25.3 Å². The molecule has 0 amide bonds. The molecule has 8 bridgehead atoms. The van der Waals surface area contributed by atoms with Crippen LogP contribution < -0.4 is 16.0 Å². The number of hydrogen-bond acceptors (Lipinski definition) is 6. The van der Waals surface area contributed by atoms with Gasteiger partial charge in [0.25, 0.3) is 0 Å². The van der Waals surface area contributed by atoms with Crippen LogP contribution in [0.25, 0.3) is 18.2 Å². The number of aliphatic carboxylic acids is 2. The molecule has 0 aliphatic carbocycles. The van der Waals surface area contributed by atoms with E-state index in [1.54, 1.807) is 0 Å². The maximum atomic E-state index is 12.2. The minimum atomic E-state index is -1.40. The number of aliphatic hydroxyl groups is 1. The van der Waals surface area contributed by atoms with Crippen LogP contribution in [-0.2, 0) is 28.9 Å². The third-order valence-corrected chi connectivity index (χ3v) is 9.76. The standard InChI is InChI=1S/C34H42N4O5S2/c1-15-21(7-9-30(39)40)26-13-27-22(8-10-31(41)42)16(2)24(36-27)12-28-32(19(5)44)17(3)29(37-28)14-34(43)33(20(6)45)18(4)25(38-34)11-23(15)35-26/h11-13,19-20,35-38,43-45H,7-10,14H2,1-6H3,(H,39,40)(H,41,42)/b24-12-,25-11-,27-13+/t19-,20-,34+/m0/s1. The third kappa shape index (κ3) is 6.17. The summed E-state index contributed by atoms with van der Waals surface area (Å²) in [5.74, 6) is -1.77. The summed E-state index contributed by atoms with van der Waals surface area (Å²) in [4.78, 5) is 33.8. The molecule has 3 aromatic rings. The first-order valence-electron chi connectivity index (χ1n) is 15.2. The second kappa shape index (κ2) is 12.3. The van der Waals surface area contributed by atoms with Crippen molar-refractivity contribution in [2.75, 3.05) is 0 Å². The van der Waals surface area contributed by atoms with Crippen molar-refractivity contribution >= 4 is 55.4 Å². The molecule has 11 heteroatoms. The highest BCUT2D eigenvalue weighted by Crippen LogP contribution is 2.40. The van der Waals surface area contributed by atoms with Crippen molar-refractivity contribution in [3.05, 3.63) is 83.7 Å². The van der Waals surface area contributed by atoms with E-state index in [0.29, 0.717) is 12.8 Å². The predicted molar refractivity (Wildman–Crippen MR) is 183 cm³/mol. The lowest BCUT2D eigenvalue weighted by atomic mass is 9.93. The zero-order chi connectivity index (χ0) is 33.0. The average Bonchev–Trinajstić information content (AvgIpc) is 3.57. The lowest BCUT2D eigenvalue weighted by molar-refractivity contribution is -0.138. The number of hydrogen-bond donors (Lipinski definition) is 9. The Labute approximate surface area is 273 Å². The van der Waals surface area contributed by atoms with Gasteiger partial charge in [0.15, 0.2) is 5.72 Å². The lowest BCUT2D eigenvalue weighted by Crippen LogP contribution is -2.46. The Kier molecular flexibility index (Phi) is 9.00. The van der Waals surface area contributed by atoms with E-state index in [0.717, 1.165) is 83.7 Å². The number of thiol groups is 2. The number of rotatable bonds is 8. The van der Waals surface area contributed by atoms with E-state index >= 15 is 0 Å². The molecule has 0 fully saturated rings. The molecule has 0 aromatic carbocycles. The minimum absolute atomic E-state index is 0.0294. The molecule has 0 saturated carbocycles. The minimum Gasteiger partial charge on any atom is -0.481 e. The van der Waals surface area contributed by atoms with Crippen molar-refractivity contribution in [2.45, 2.75) is 89.9 Å². The van der Waals surface area contributed by atoms with Crippen molar-refractivity contribution in [1.29, 1.82) is 0 Å². The monoisotopic (exact) mass is 650 g/mol. The molecule has 7 N–H and O–H groups in total. The predicted octanol–water partition coefficient (Wildman–Crippen LogP) is 4.10. The Morgan fingerprint density at radius 1 is 0.800 bits per heavy atom. The first-order chi connectivity index (χ1) is 21.1. The normalized spacial score (nSPS) is 21.7. The van der Waals surface area contributed by atoms with Gasteiger partial charge in [0.2, 0.25) is 0 Å². The number of allylic oxidation sites excluding steroid dienone is 1. The second-order valence-corrected chi connectivity index (χ2v) is 13.9. The summed E-state index contributed by atoms with van der Waals surface area (Å²) in [6.45, 7) is 11.9. The average molecular weight is 651 g/mol. The maximum absolute atomic E-state index is 12.2. The number of carbonyl (C=O) groups is 2. The Morgan fingerprint density at radius 2 is 1.42 bits per heavy atom. The van der Waals surface area contributed by atoms with Gasteiger partial charge in [-0.1, -0.05) is 0 Å². The summed E-state index contributed by atoms with van der Waals surface area (Å²) in [7, 11) is 0. The Morgan fingerprint density at radius 3 is 2.02 bits per heavy atom. The third-order valence-electron chi connectivity index (χ3n) is 9.24. The van der Waals surface area contributed by atoms with Crippen molar-refractivity contribution in [3.8, 4) is 0 Å². The zero-order valence-electron chi connectivity index (χ0n) is 26.5. The summed E-state index contributed by atoms with van der Waals surface area (Å²) >= 11 is 9.58. The fraction of sp³-hybridized carbons (Fsp3) is 0.412. The first-order valence-corrected chi connectivity index (χ1v) is 16.2. The van der Waals surface area contributed by atoms with Crippen LogP contribution in [0.2, 0.25) is 0 Å². The van der Waals surface area contributed by atoms with Crippen LogP contribution in [0.4, 0.5) is 0 Å². The molecule has 2 aliphatic heterocycles. The molecule has 45 heavy (non-hydrogen) atoms. The van der Waals surface area contributed by atoms with Crippen LogP contribution in [0.5, 0.6) is 0 Å². The van der Waals surface area contributed by atoms with Gasteiger partial charge in [-0.05, 0) is 117 Å². The van der Waals surface area contributed by atoms with Gasteiger partial charge in [0.1, 0.15) is 0 Å². The van der Waals surface area contributed by atoms with Crippen LogP contribution in [0.15, 0.2) is 16.8 Å². The van der Waals surface area contributed by atoms with Crippen molar-refractivity contribution in [2.24, 2.45) is 0 Å². The van der Waals surface area contributed by atoms with Crippen LogP contribution in [0.1, 0.15) is 95.0 Å². The molecule has 5 rings (SSSR count). The fourth-order valence-electron chi connectivity index (χ4n) is 6.99. The largest absolute Gasteiger partial charge is 0.481 e. The van der Waals surface area contributed by atoms with Gasteiger partial charge in [-0.15, -0.1) is 0 Å². The van der Waals surface area contributed by atoms with Crippen LogP contribution in [0, 0.1) is 20.8 Å². The van der Waals surface area contributed by atoms with E-state index in [4.69, 9.17) is 25.3 Å². The van der Waals surface area contributed by atoms with Gasteiger partial charge in [-0.3, -0.25) is 9.59 Å². The highest BCUT2D eigenvalue weighted by Gasteiger charge is 2.42. The van der Waals surface area contributed by atoms with Gasteiger partial charge in [0, 0.05) is 68.9 Å². The second-order valence-electron chi connectivity index (χ2n) is 12.4. The molecule has 3 aromatic heterocycles. The molecule has 0 spiro atoms. The van der Waals surface area contributed by atoms with E-state index < -0.39 is 17.7 Å². The smallest absolute Gasteiger partial charge is 0.303 e. The molecule has 2 aliphatic rings. The highest BCUT2D eigenvalue weighted by molar-refractivity contribution is 7.81. The maximum Gasteiger partial charge on any atom is 0.303 e. The zero-order valence-corrected chi connectivity index (χ0v) is 28.3. The number of fused-ring (bicyclic) bond motifs is 8. The topological polar surface area (TPSA) is 154 Å².